The number of ether oxygens (including phenoxy) is 3. The van der Waals surface area contributed by atoms with E-state index in [4.69, 9.17) is 14.2 Å². The van der Waals surface area contributed by atoms with Crippen molar-refractivity contribution in [3.8, 4) is 5.75 Å². The number of carbonyl (C=O) groups is 2. The fraction of sp³-hybridized carbons (Fsp3) is 0.423. The third kappa shape index (κ3) is 7.00. The first-order valence-corrected chi connectivity index (χ1v) is 12.8. The standard InChI is InChI=1S/C26H32N4O6S/c1-25(2,3)35-23(32)30(24(33)36-26(4,5)6)19-13-20(31)29(15-16-9-11-17(34-7)12-10-16)21-18(19)14-27-22(28-21)37-8/h9-14H,15H2,1-8H3. The van der Waals surface area contributed by atoms with Crippen molar-refractivity contribution in [3.63, 3.8) is 0 Å². The van der Waals surface area contributed by atoms with Gasteiger partial charge in [-0.1, -0.05) is 23.9 Å². The Balaban J connectivity index is 2.23. The Kier molecular flexibility index (Phi) is 8.16. The van der Waals surface area contributed by atoms with Gasteiger partial charge in [0.25, 0.3) is 5.56 Å². The molecular formula is C26H32N4O6S. The third-order valence-electron chi connectivity index (χ3n) is 4.88. The van der Waals surface area contributed by atoms with E-state index in [1.165, 1.54) is 28.6 Å². The van der Waals surface area contributed by atoms with Gasteiger partial charge in [0.2, 0.25) is 0 Å². The van der Waals surface area contributed by atoms with Gasteiger partial charge in [-0.15, -0.1) is 0 Å². The van der Waals surface area contributed by atoms with Gasteiger partial charge >= 0.3 is 12.2 Å². The van der Waals surface area contributed by atoms with Crippen molar-refractivity contribution < 1.29 is 23.8 Å². The Bertz CT molecular complexity index is 1330. The molecule has 0 atom stereocenters. The lowest BCUT2D eigenvalue weighted by Crippen LogP contribution is -2.44. The highest BCUT2D eigenvalue weighted by atomic mass is 32.2. The van der Waals surface area contributed by atoms with E-state index in [1.807, 2.05) is 18.4 Å². The fourth-order valence-corrected chi connectivity index (χ4v) is 3.69. The van der Waals surface area contributed by atoms with Gasteiger partial charge in [-0.3, -0.25) is 9.36 Å². The molecule has 1 aromatic carbocycles. The van der Waals surface area contributed by atoms with E-state index in [0.717, 1.165) is 10.5 Å². The van der Waals surface area contributed by atoms with E-state index in [9.17, 15) is 14.4 Å². The van der Waals surface area contributed by atoms with Gasteiger partial charge in [-0.25, -0.2) is 19.6 Å². The quantitative estimate of drug-likeness (QED) is 0.324. The number of rotatable bonds is 5. The van der Waals surface area contributed by atoms with Crippen LogP contribution in [0.15, 0.2) is 46.5 Å². The van der Waals surface area contributed by atoms with Gasteiger partial charge in [0.05, 0.1) is 24.7 Å². The van der Waals surface area contributed by atoms with E-state index in [2.05, 4.69) is 9.97 Å². The number of benzene rings is 1. The molecule has 0 radical (unpaired) electrons. The number of pyridine rings is 1. The molecule has 0 aliphatic heterocycles. The maximum Gasteiger partial charge on any atom is 0.424 e. The zero-order chi connectivity index (χ0) is 27.5. The number of methoxy groups -OCH3 is 1. The predicted octanol–water partition coefficient (Wildman–Crippen LogP) is 5.25. The van der Waals surface area contributed by atoms with Crippen LogP contribution in [0.1, 0.15) is 47.1 Å². The van der Waals surface area contributed by atoms with Crippen LogP contribution in [0.2, 0.25) is 0 Å². The fourth-order valence-electron chi connectivity index (χ4n) is 3.36. The summed E-state index contributed by atoms with van der Waals surface area (Å²) in [5, 5.41) is 0.733. The van der Waals surface area contributed by atoms with Gasteiger partial charge < -0.3 is 14.2 Å². The van der Waals surface area contributed by atoms with Crippen molar-refractivity contribution in [1.29, 1.82) is 0 Å². The number of hydrogen-bond acceptors (Lipinski definition) is 9. The molecule has 0 aliphatic carbocycles. The summed E-state index contributed by atoms with van der Waals surface area (Å²) in [5.41, 5.74) is -1.21. The Morgan fingerprint density at radius 1 is 1.00 bits per heavy atom. The van der Waals surface area contributed by atoms with Crippen LogP contribution < -0.4 is 15.2 Å². The largest absolute Gasteiger partial charge is 0.497 e. The summed E-state index contributed by atoms with van der Waals surface area (Å²) in [7, 11) is 1.58. The van der Waals surface area contributed by atoms with Crippen molar-refractivity contribution in [3.05, 3.63) is 52.4 Å². The lowest BCUT2D eigenvalue weighted by molar-refractivity contribution is 0.0431. The zero-order valence-electron chi connectivity index (χ0n) is 22.3. The first kappa shape index (κ1) is 28.0. The molecule has 11 heteroatoms. The molecule has 2 heterocycles. The maximum absolute atomic E-state index is 13.4. The van der Waals surface area contributed by atoms with Gasteiger partial charge in [0, 0.05) is 12.3 Å². The average Bonchev–Trinajstić information content (AvgIpc) is 2.79. The number of imide groups is 1. The first-order valence-electron chi connectivity index (χ1n) is 11.6. The lowest BCUT2D eigenvalue weighted by atomic mass is 10.2. The van der Waals surface area contributed by atoms with Crippen LogP contribution >= 0.6 is 11.8 Å². The minimum Gasteiger partial charge on any atom is -0.497 e. The summed E-state index contributed by atoms with van der Waals surface area (Å²) in [6, 6.07) is 8.48. The highest BCUT2D eigenvalue weighted by Gasteiger charge is 2.34. The first-order chi connectivity index (χ1) is 17.2. The minimum atomic E-state index is -0.982. The summed E-state index contributed by atoms with van der Waals surface area (Å²) >= 11 is 1.30. The molecule has 0 N–H and O–H groups in total. The van der Waals surface area contributed by atoms with Crippen LogP contribution in [-0.4, -0.2) is 51.3 Å². The molecular weight excluding hydrogens is 496 g/mol. The number of fused-ring (bicyclic) bond motifs is 1. The van der Waals surface area contributed by atoms with Crippen LogP contribution in [0.5, 0.6) is 5.75 Å². The van der Waals surface area contributed by atoms with Crippen LogP contribution in [0.4, 0.5) is 15.3 Å². The Morgan fingerprint density at radius 2 is 1.57 bits per heavy atom. The molecule has 0 fully saturated rings. The van der Waals surface area contributed by atoms with Gasteiger partial charge in [0.1, 0.15) is 22.6 Å². The molecule has 37 heavy (non-hydrogen) atoms. The van der Waals surface area contributed by atoms with Crippen LogP contribution in [0, 0.1) is 0 Å². The highest BCUT2D eigenvalue weighted by molar-refractivity contribution is 7.98. The van der Waals surface area contributed by atoms with E-state index in [-0.39, 0.29) is 17.9 Å². The number of hydrogen-bond donors (Lipinski definition) is 0. The second-order valence-electron chi connectivity index (χ2n) is 10.2. The monoisotopic (exact) mass is 528 g/mol. The SMILES string of the molecule is COc1ccc(Cn2c(=O)cc(N(C(=O)OC(C)(C)C)C(=O)OC(C)(C)C)c3cnc(SC)nc32)cc1. The van der Waals surface area contributed by atoms with Crippen LogP contribution in [0.3, 0.4) is 0 Å². The molecule has 198 valence electrons. The second kappa shape index (κ2) is 10.8. The molecule has 3 rings (SSSR count). The van der Waals surface area contributed by atoms with E-state index in [1.54, 1.807) is 60.8 Å². The molecule has 0 spiro atoms. The molecule has 2 aromatic heterocycles. The Hall–Kier alpha value is -3.60. The number of nitrogens with zero attached hydrogens (tertiary/aromatic N) is 4. The van der Waals surface area contributed by atoms with E-state index in [0.29, 0.717) is 16.3 Å². The van der Waals surface area contributed by atoms with Crippen LogP contribution in [0.25, 0.3) is 11.0 Å². The van der Waals surface area contributed by atoms with E-state index < -0.39 is 28.9 Å². The number of carbonyl (C=O) groups excluding carboxylic acids is 2. The molecule has 0 saturated heterocycles. The molecule has 0 aliphatic rings. The summed E-state index contributed by atoms with van der Waals surface area (Å²) in [6.07, 6.45) is 1.33. The van der Waals surface area contributed by atoms with Crippen molar-refractivity contribution in [2.45, 2.75) is 64.4 Å². The zero-order valence-corrected chi connectivity index (χ0v) is 23.1. The summed E-state index contributed by atoms with van der Waals surface area (Å²) in [4.78, 5) is 49.5. The number of amides is 2. The Labute approximate surface area is 219 Å². The predicted molar refractivity (Wildman–Crippen MR) is 143 cm³/mol. The molecule has 0 saturated carbocycles. The third-order valence-corrected chi connectivity index (χ3v) is 5.44. The number of aromatic nitrogens is 3. The lowest BCUT2D eigenvalue weighted by Gasteiger charge is -2.29. The van der Waals surface area contributed by atoms with Gasteiger partial charge in [0.15, 0.2) is 5.16 Å². The van der Waals surface area contributed by atoms with Crippen LogP contribution in [-0.2, 0) is 16.0 Å². The summed E-state index contributed by atoms with van der Waals surface area (Å²) in [5.74, 6) is 0.689. The normalized spacial score (nSPS) is 11.8. The van der Waals surface area contributed by atoms with Crippen molar-refractivity contribution in [2.75, 3.05) is 18.3 Å². The topological polar surface area (TPSA) is 113 Å². The highest BCUT2D eigenvalue weighted by Crippen LogP contribution is 2.29. The second-order valence-corrected chi connectivity index (χ2v) is 11.0. The van der Waals surface area contributed by atoms with Crippen molar-refractivity contribution >= 4 is 40.7 Å². The molecule has 10 nitrogen and oxygen atoms in total. The van der Waals surface area contributed by atoms with E-state index >= 15 is 0 Å². The van der Waals surface area contributed by atoms with Gasteiger partial charge in [-0.2, -0.15) is 4.90 Å². The maximum atomic E-state index is 13.4. The van der Waals surface area contributed by atoms with Gasteiger partial charge in [-0.05, 0) is 65.5 Å². The molecule has 0 unspecified atom stereocenters. The average molecular weight is 529 g/mol. The summed E-state index contributed by atoms with van der Waals surface area (Å²) < 4.78 is 17.7. The number of anilines is 1. The minimum absolute atomic E-state index is 0.0258. The molecule has 2 amide bonds. The molecule has 3 aromatic rings. The van der Waals surface area contributed by atoms with Crippen molar-refractivity contribution in [1.82, 2.24) is 14.5 Å². The number of thioether (sulfide) groups is 1. The Morgan fingerprint density at radius 3 is 2.05 bits per heavy atom. The smallest absolute Gasteiger partial charge is 0.424 e. The summed E-state index contributed by atoms with van der Waals surface area (Å²) in [6.45, 7) is 10.3. The molecule has 0 bridgehead atoms. The van der Waals surface area contributed by atoms with Crippen molar-refractivity contribution in [2.24, 2.45) is 0 Å².